The zero-order valence-electron chi connectivity index (χ0n) is 13.2. The van der Waals surface area contributed by atoms with E-state index in [1.54, 1.807) is 32.0 Å². The molecule has 1 aliphatic rings. The lowest BCUT2D eigenvalue weighted by molar-refractivity contribution is 0.0521. The van der Waals surface area contributed by atoms with Crippen molar-refractivity contribution in [3.8, 4) is 0 Å². The Balaban J connectivity index is 2.33. The van der Waals surface area contributed by atoms with Crippen LogP contribution in [0, 0.1) is 5.41 Å². The molecule has 0 amide bonds. The highest BCUT2D eigenvalue weighted by Gasteiger charge is 2.44. The van der Waals surface area contributed by atoms with Crippen molar-refractivity contribution >= 4 is 15.5 Å². The molecule has 0 radical (unpaired) electrons. The minimum Gasteiger partial charge on any atom is -0.399 e. The number of fused-ring (bicyclic) bond motifs is 1. The van der Waals surface area contributed by atoms with E-state index in [4.69, 9.17) is 5.73 Å². The van der Waals surface area contributed by atoms with Crippen molar-refractivity contribution < 1.29 is 13.5 Å². The summed E-state index contributed by atoms with van der Waals surface area (Å²) in [5.74, 6) is -0.525. The van der Waals surface area contributed by atoms with Gasteiger partial charge in [-0.3, -0.25) is 0 Å². The lowest BCUT2D eigenvalue weighted by atomic mass is 9.75. The van der Waals surface area contributed by atoms with Gasteiger partial charge in [0, 0.05) is 17.0 Å². The minimum absolute atomic E-state index is 0.0958. The van der Waals surface area contributed by atoms with Gasteiger partial charge in [-0.2, -0.15) is 0 Å². The SMILES string of the molecule is CC1(C)CS(=O)(=O)c2ccc(N)cc2C(c2ccccc2)C1O. The average Bonchev–Trinajstić information content (AvgIpc) is 2.52. The van der Waals surface area contributed by atoms with Crippen LogP contribution in [0.3, 0.4) is 0 Å². The molecule has 0 saturated heterocycles. The topological polar surface area (TPSA) is 80.4 Å². The number of hydrogen-bond donors (Lipinski definition) is 2. The summed E-state index contributed by atoms with van der Waals surface area (Å²) in [4.78, 5) is 0.269. The maximum absolute atomic E-state index is 12.8. The molecule has 1 aliphatic heterocycles. The van der Waals surface area contributed by atoms with Gasteiger partial charge in [0.15, 0.2) is 9.84 Å². The molecular weight excluding hydrogens is 310 g/mol. The number of nitrogen functional groups attached to an aromatic ring is 1. The van der Waals surface area contributed by atoms with Crippen LogP contribution in [0.15, 0.2) is 53.4 Å². The Hall–Kier alpha value is -1.85. The number of sulfone groups is 1. The predicted molar refractivity (Wildman–Crippen MR) is 91.0 cm³/mol. The second-order valence-electron chi connectivity index (χ2n) is 6.88. The van der Waals surface area contributed by atoms with Crippen LogP contribution in [0.4, 0.5) is 5.69 Å². The lowest BCUT2D eigenvalue weighted by Crippen LogP contribution is -2.37. The molecule has 0 saturated carbocycles. The first-order valence-electron chi connectivity index (χ1n) is 7.57. The number of hydrogen-bond acceptors (Lipinski definition) is 4. The van der Waals surface area contributed by atoms with Crippen LogP contribution < -0.4 is 5.73 Å². The number of benzene rings is 2. The second kappa shape index (κ2) is 5.35. The molecule has 1 heterocycles. The van der Waals surface area contributed by atoms with Gasteiger partial charge in [-0.15, -0.1) is 0 Å². The second-order valence-corrected chi connectivity index (χ2v) is 8.84. The number of anilines is 1. The van der Waals surface area contributed by atoms with Crippen LogP contribution in [0.5, 0.6) is 0 Å². The van der Waals surface area contributed by atoms with Crippen LogP contribution in [-0.2, 0) is 9.84 Å². The summed E-state index contributed by atoms with van der Waals surface area (Å²) in [5, 5.41) is 11.0. The van der Waals surface area contributed by atoms with E-state index in [0.29, 0.717) is 11.3 Å². The monoisotopic (exact) mass is 331 g/mol. The first-order chi connectivity index (χ1) is 10.7. The molecule has 23 heavy (non-hydrogen) atoms. The molecule has 122 valence electrons. The van der Waals surface area contributed by atoms with Gasteiger partial charge in [0.05, 0.1) is 16.8 Å². The van der Waals surface area contributed by atoms with Crippen LogP contribution in [0.2, 0.25) is 0 Å². The predicted octanol–water partition coefficient (Wildman–Crippen LogP) is 2.58. The maximum Gasteiger partial charge on any atom is 0.179 e. The first-order valence-corrected chi connectivity index (χ1v) is 9.23. The summed E-state index contributed by atoms with van der Waals surface area (Å²) >= 11 is 0. The van der Waals surface area contributed by atoms with Crippen LogP contribution in [-0.4, -0.2) is 25.4 Å². The van der Waals surface area contributed by atoms with Crippen LogP contribution >= 0.6 is 0 Å². The fraction of sp³-hybridized carbons (Fsp3) is 0.333. The maximum atomic E-state index is 12.8. The highest BCUT2D eigenvalue weighted by Crippen LogP contribution is 2.44. The van der Waals surface area contributed by atoms with Crippen molar-refractivity contribution in [2.45, 2.75) is 30.8 Å². The van der Waals surface area contributed by atoms with E-state index in [1.807, 2.05) is 30.3 Å². The van der Waals surface area contributed by atoms with Crippen LogP contribution in [0.1, 0.15) is 30.9 Å². The van der Waals surface area contributed by atoms with Gasteiger partial charge in [0.2, 0.25) is 0 Å². The fourth-order valence-electron chi connectivity index (χ4n) is 3.39. The van der Waals surface area contributed by atoms with Gasteiger partial charge >= 0.3 is 0 Å². The fourth-order valence-corrected chi connectivity index (χ4v) is 5.52. The summed E-state index contributed by atoms with van der Waals surface area (Å²) in [6.45, 7) is 3.58. The van der Waals surface area contributed by atoms with Crippen molar-refractivity contribution in [1.29, 1.82) is 0 Å². The summed E-state index contributed by atoms with van der Waals surface area (Å²) in [6.07, 6.45) is -0.831. The van der Waals surface area contributed by atoms with E-state index in [-0.39, 0.29) is 10.6 Å². The Morgan fingerprint density at radius 2 is 1.78 bits per heavy atom. The Morgan fingerprint density at radius 3 is 2.43 bits per heavy atom. The highest BCUT2D eigenvalue weighted by molar-refractivity contribution is 7.91. The van der Waals surface area contributed by atoms with Gasteiger partial charge in [-0.1, -0.05) is 44.2 Å². The Morgan fingerprint density at radius 1 is 1.13 bits per heavy atom. The molecule has 0 aliphatic carbocycles. The number of nitrogens with two attached hydrogens (primary N) is 1. The third kappa shape index (κ3) is 2.75. The van der Waals surface area contributed by atoms with Crippen molar-refractivity contribution in [3.05, 3.63) is 59.7 Å². The van der Waals surface area contributed by atoms with Crippen molar-refractivity contribution in [1.82, 2.24) is 0 Å². The van der Waals surface area contributed by atoms with E-state index in [1.165, 1.54) is 0 Å². The molecule has 2 unspecified atom stereocenters. The molecule has 0 fully saturated rings. The molecule has 2 aromatic carbocycles. The Kier molecular flexibility index (Phi) is 3.73. The molecule has 0 spiro atoms. The highest BCUT2D eigenvalue weighted by atomic mass is 32.2. The van der Waals surface area contributed by atoms with Gasteiger partial charge in [-0.05, 0) is 29.3 Å². The van der Waals surface area contributed by atoms with Gasteiger partial charge in [-0.25, -0.2) is 8.42 Å². The van der Waals surface area contributed by atoms with Gasteiger partial charge < -0.3 is 10.8 Å². The average molecular weight is 331 g/mol. The molecular formula is C18H21NO3S. The summed E-state index contributed by atoms with van der Waals surface area (Å²) in [5.41, 5.74) is 7.08. The van der Waals surface area contributed by atoms with Gasteiger partial charge in [0.25, 0.3) is 0 Å². The summed E-state index contributed by atoms with van der Waals surface area (Å²) < 4.78 is 25.6. The summed E-state index contributed by atoms with van der Waals surface area (Å²) in [6, 6.07) is 14.3. The molecule has 2 atom stereocenters. The van der Waals surface area contributed by atoms with E-state index in [0.717, 1.165) is 5.56 Å². The van der Waals surface area contributed by atoms with Crippen molar-refractivity contribution in [2.24, 2.45) is 5.41 Å². The van der Waals surface area contributed by atoms with E-state index < -0.39 is 27.3 Å². The van der Waals surface area contributed by atoms with E-state index in [2.05, 4.69) is 0 Å². The summed E-state index contributed by atoms with van der Waals surface area (Å²) in [7, 11) is -3.49. The number of aliphatic hydroxyl groups is 1. The van der Waals surface area contributed by atoms with Gasteiger partial charge in [0.1, 0.15) is 0 Å². The number of aliphatic hydroxyl groups excluding tert-OH is 1. The zero-order valence-corrected chi connectivity index (χ0v) is 14.0. The standard InChI is InChI=1S/C18H21NO3S/c1-18(2)11-23(21,22)15-9-8-13(19)10-14(15)16(17(18)20)12-6-4-3-5-7-12/h3-10,16-17,20H,11,19H2,1-2H3. The molecule has 3 N–H and O–H groups in total. The quantitative estimate of drug-likeness (QED) is 0.787. The lowest BCUT2D eigenvalue weighted by Gasteiger charge is -2.33. The smallest absolute Gasteiger partial charge is 0.179 e. The van der Waals surface area contributed by atoms with Crippen LogP contribution in [0.25, 0.3) is 0 Å². The molecule has 0 aromatic heterocycles. The Bertz CT molecular complexity index is 829. The normalized spacial score (nSPS) is 25.3. The zero-order chi connectivity index (χ0) is 16.8. The molecule has 3 rings (SSSR count). The molecule has 2 aromatic rings. The molecule has 4 nitrogen and oxygen atoms in total. The largest absolute Gasteiger partial charge is 0.399 e. The van der Waals surface area contributed by atoms with E-state index >= 15 is 0 Å². The first kappa shape index (κ1) is 16.0. The van der Waals surface area contributed by atoms with Crippen molar-refractivity contribution in [3.63, 3.8) is 0 Å². The minimum atomic E-state index is -3.49. The van der Waals surface area contributed by atoms with Crippen molar-refractivity contribution in [2.75, 3.05) is 11.5 Å². The third-order valence-electron chi connectivity index (χ3n) is 4.54. The third-order valence-corrected chi connectivity index (χ3v) is 6.71. The number of rotatable bonds is 1. The Labute approximate surface area is 136 Å². The molecule has 5 heteroatoms. The molecule has 0 bridgehead atoms. The van der Waals surface area contributed by atoms with E-state index in [9.17, 15) is 13.5 Å².